The van der Waals surface area contributed by atoms with Crippen LogP contribution in [0.5, 0.6) is 0 Å². The number of hydrogen-bond acceptors (Lipinski definition) is 10. The molecule has 1 saturated heterocycles. The molecule has 1 amide bonds. The predicted molar refractivity (Wildman–Crippen MR) is 220 cm³/mol. The third-order valence-corrected chi connectivity index (χ3v) is 11.4. The number of unbranched alkanes of at least 4 members (excludes halogenated alkanes) is 25. The Morgan fingerprint density at radius 1 is 0.582 bits per heavy atom. The number of amides is 1. The minimum absolute atomic E-state index is 0.0316. The number of carbonyl (C=O) groups is 1. The predicted octanol–water partition coefficient (Wildman–Crippen LogP) is 7.11. The summed E-state index contributed by atoms with van der Waals surface area (Å²) in [7, 11) is 0. The molecule has 1 heterocycles. The van der Waals surface area contributed by atoms with E-state index >= 15 is 0 Å². The summed E-state index contributed by atoms with van der Waals surface area (Å²) in [5, 5.41) is 75.4. The zero-order chi connectivity index (χ0) is 40.5. The molecule has 8 N–H and O–H groups in total. The van der Waals surface area contributed by atoms with Gasteiger partial charge in [0.15, 0.2) is 6.29 Å². The maximum Gasteiger partial charge on any atom is 0.249 e. The van der Waals surface area contributed by atoms with Gasteiger partial charge < -0.3 is 50.5 Å². The van der Waals surface area contributed by atoms with Crippen molar-refractivity contribution >= 4 is 5.91 Å². The molecule has 55 heavy (non-hydrogen) atoms. The second kappa shape index (κ2) is 35.1. The van der Waals surface area contributed by atoms with Crippen LogP contribution >= 0.6 is 0 Å². The van der Waals surface area contributed by atoms with Crippen molar-refractivity contribution in [3.63, 3.8) is 0 Å². The Labute approximate surface area is 335 Å². The number of carbonyl (C=O) groups excluding carboxylic acids is 1. The molecule has 0 radical (unpaired) electrons. The minimum Gasteiger partial charge on any atom is -0.394 e. The van der Waals surface area contributed by atoms with Gasteiger partial charge in [0.05, 0.1) is 31.5 Å². The van der Waals surface area contributed by atoms with E-state index < -0.39 is 67.6 Å². The highest BCUT2D eigenvalue weighted by Gasteiger charge is 2.44. The van der Waals surface area contributed by atoms with Gasteiger partial charge in [-0.1, -0.05) is 187 Å². The van der Waals surface area contributed by atoms with E-state index in [4.69, 9.17) is 9.47 Å². The van der Waals surface area contributed by atoms with Gasteiger partial charge in [-0.25, -0.2) is 0 Å². The van der Waals surface area contributed by atoms with Gasteiger partial charge in [-0.15, -0.1) is 0 Å². The fourth-order valence-corrected chi connectivity index (χ4v) is 7.55. The summed E-state index contributed by atoms with van der Waals surface area (Å²) in [4.78, 5) is 13.1. The zero-order valence-electron chi connectivity index (χ0n) is 35.2. The second-order valence-electron chi connectivity index (χ2n) is 16.5. The van der Waals surface area contributed by atoms with Crippen LogP contribution in [0.15, 0.2) is 0 Å². The van der Waals surface area contributed by atoms with Crippen molar-refractivity contribution < 1.29 is 50.0 Å². The van der Waals surface area contributed by atoms with E-state index in [1.807, 2.05) is 0 Å². The molecule has 9 atom stereocenters. The summed E-state index contributed by atoms with van der Waals surface area (Å²) in [6, 6.07) is -1.06. The van der Waals surface area contributed by atoms with Crippen LogP contribution in [0.1, 0.15) is 206 Å². The van der Waals surface area contributed by atoms with E-state index in [0.717, 1.165) is 38.5 Å². The molecule has 0 spiro atoms. The number of ether oxygens (including phenoxy) is 2. The van der Waals surface area contributed by atoms with Gasteiger partial charge >= 0.3 is 0 Å². The first-order chi connectivity index (χ1) is 26.7. The van der Waals surface area contributed by atoms with E-state index in [1.165, 1.54) is 128 Å². The zero-order valence-corrected chi connectivity index (χ0v) is 35.2. The van der Waals surface area contributed by atoms with Crippen molar-refractivity contribution in [2.75, 3.05) is 13.2 Å². The van der Waals surface area contributed by atoms with Gasteiger partial charge in [-0.2, -0.15) is 0 Å². The molecule has 0 unspecified atom stereocenters. The summed E-state index contributed by atoms with van der Waals surface area (Å²) in [6.45, 7) is 3.50. The van der Waals surface area contributed by atoms with Crippen LogP contribution in [0.2, 0.25) is 0 Å². The molecule has 1 aliphatic rings. The molecule has 1 rings (SSSR count). The Kier molecular flexibility index (Phi) is 33.3. The molecule has 0 aromatic rings. The Morgan fingerprint density at radius 3 is 1.40 bits per heavy atom. The van der Waals surface area contributed by atoms with E-state index in [2.05, 4.69) is 19.2 Å². The van der Waals surface area contributed by atoms with Crippen LogP contribution in [-0.4, -0.2) is 110 Å². The Hall–Kier alpha value is -0.890. The van der Waals surface area contributed by atoms with Crippen LogP contribution in [0, 0.1) is 0 Å². The SMILES string of the molecule is CCCCCCCCCCCCCCCCC[C@@H](O)C(=O)N[C@H](CO[C@@H]1O[C@H](CO)[C@@H](O)[C@H](O)[C@H]1O)[C@H](O)C[C@H](O)CCCCCCCCCCCCCC. The van der Waals surface area contributed by atoms with Crippen molar-refractivity contribution in [1.82, 2.24) is 5.32 Å². The van der Waals surface area contributed by atoms with Gasteiger partial charge in [0, 0.05) is 6.42 Å². The molecule has 1 aliphatic heterocycles. The summed E-state index contributed by atoms with van der Waals surface area (Å²) < 4.78 is 11.1. The first-order valence-electron chi connectivity index (χ1n) is 22.9. The lowest BCUT2D eigenvalue weighted by Crippen LogP contribution is -2.60. The highest BCUT2D eigenvalue weighted by Crippen LogP contribution is 2.23. The first kappa shape index (κ1) is 52.1. The van der Waals surface area contributed by atoms with Crippen LogP contribution in [-0.2, 0) is 14.3 Å². The summed E-state index contributed by atoms with van der Waals surface area (Å²) in [5.41, 5.74) is 0. The molecule has 0 aromatic heterocycles. The average molecular weight is 790 g/mol. The lowest BCUT2D eigenvalue weighted by atomic mass is 9.98. The van der Waals surface area contributed by atoms with Crippen LogP contribution in [0.4, 0.5) is 0 Å². The quantitative estimate of drug-likeness (QED) is 0.0300. The maximum absolute atomic E-state index is 13.1. The van der Waals surface area contributed by atoms with Crippen molar-refractivity contribution in [3.05, 3.63) is 0 Å². The normalized spacial score (nSPS) is 22.4. The van der Waals surface area contributed by atoms with Gasteiger partial charge in [0.25, 0.3) is 0 Å². The van der Waals surface area contributed by atoms with Gasteiger partial charge in [-0.05, 0) is 12.8 Å². The fraction of sp³-hybridized carbons (Fsp3) is 0.977. The molecule has 0 bridgehead atoms. The molecule has 11 nitrogen and oxygen atoms in total. The van der Waals surface area contributed by atoms with Crippen LogP contribution in [0.3, 0.4) is 0 Å². The van der Waals surface area contributed by atoms with Crippen LogP contribution < -0.4 is 5.32 Å². The van der Waals surface area contributed by atoms with Crippen molar-refractivity contribution in [2.45, 2.75) is 262 Å². The molecule has 0 saturated carbocycles. The van der Waals surface area contributed by atoms with Crippen molar-refractivity contribution in [1.29, 1.82) is 0 Å². The van der Waals surface area contributed by atoms with E-state index in [9.17, 15) is 40.5 Å². The number of hydrogen-bond donors (Lipinski definition) is 8. The molecule has 0 aromatic carbocycles. The topological polar surface area (TPSA) is 189 Å². The van der Waals surface area contributed by atoms with Crippen LogP contribution in [0.25, 0.3) is 0 Å². The third kappa shape index (κ3) is 26.0. The summed E-state index contributed by atoms with van der Waals surface area (Å²) in [6.07, 6.45) is 22.8. The molecule has 1 fully saturated rings. The second-order valence-corrected chi connectivity index (χ2v) is 16.5. The Bertz CT molecular complexity index is 866. The smallest absolute Gasteiger partial charge is 0.249 e. The molecule has 328 valence electrons. The largest absolute Gasteiger partial charge is 0.394 e. The number of rotatable bonds is 38. The fourth-order valence-electron chi connectivity index (χ4n) is 7.55. The van der Waals surface area contributed by atoms with Gasteiger partial charge in [0.1, 0.15) is 30.5 Å². The first-order valence-corrected chi connectivity index (χ1v) is 22.9. The highest BCUT2D eigenvalue weighted by molar-refractivity contribution is 5.80. The average Bonchev–Trinajstić information content (AvgIpc) is 3.17. The molecule has 11 heteroatoms. The molecule has 0 aliphatic carbocycles. The van der Waals surface area contributed by atoms with Gasteiger partial charge in [-0.3, -0.25) is 4.79 Å². The lowest BCUT2D eigenvalue weighted by molar-refractivity contribution is -0.302. The maximum atomic E-state index is 13.1. The van der Waals surface area contributed by atoms with E-state index in [1.54, 1.807) is 0 Å². The van der Waals surface area contributed by atoms with Crippen molar-refractivity contribution in [2.24, 2.45) is 0 Å². The molecular formula is C44H87NO10. The minimum atomic E-state index is -1.64. The summed E-state index contributed by atoms with van der Waals surface area (Å²) in [5.74, 6) is -0.665. The lowest BCUT2D eigenvalue weighted by Gasteiger charge is -2.40. The Balaban J connectivity index is 2.45. The number of nitrogens with one attached hydrogen (secondary N) is 1. The highest BCUT2D eigenvalue weighted by atomic mass is 16.7. The monoisotopic (exact) mass is 790 g/mol. The van der Waals surface area contributed by atoms with Gasteiger partial charge in [0.2, 0.25) is 5.91 Å². The molecular weight excluding hydrogens is 702 g/mol. The Morgan fingerprint density at radius 2 is 0.982 bits per heavy atom. The van der Waals surface area contributed by atoms with E-state index in [-0.39, 0.29) is 19.4 Å². The van der Waals surface area contributed by atoms with Crippen molar-refractivity contribution in [3.8, 4) is 0 Å². The van der Waals surface area contributed by atoms with E-state index in [0.29, 0.717) is 12.8 Å². The standard InChI is InChI=1S/C44H87NO10/c1-3-5-7-9-11-13-15-17-18-19-21-23-25-27-29-31-37(48)43(53)45-36(34-54-44-42(52)41(51)40(50)39(33-46)55-44)38(49)32-35(47)30-28-26-24-22-20-16-14-12-10-8-6-4-2/h35-42,44,46-52H,3-34H2,1-2H3,(H,45,53)/t35-,36-,37-,38-,39-,40-,41+,42-,44-/m1/s1. The number of aliphatic hydroxyl groups is 7. The third-order valence-electron chi connectivity index (χ3n) is 11.4. The number of aliphatic hydroxyl groups excluding tert-OH is 7. The summed E-state index contributed by atoms with van der Waals surface area (Å²) >= 11 is 0.